The van der Waals surface area contributed by atoms with Crippen LogP contribution in [0.1, 0.15) is 13.8 Å². The van der Waals surface area contributed by atoms with Gasteiger partial charge in [0.15, 0.2) is 0 Å². The van der Waals surface area contributed by atoms with Gasteiger partial charge < -0.3 is 15.5 Å². The molecule has 1 heterocycles. The lowest BCUT2D eigenvalue weighted by Crippen LogP contribution is -2.58. The van der Waals surface area contributed by atoms with Crippen LogP contribution in [0.15, 0.2) is 0 Å². The van der Waals surface area contributed by atoms with Crippen molar-refractivity contribution in [2.45, 2.75) is 19.4 Å². The van der Waals surface area contributed by atoms with Crippen LogP contribution < -0.4 is 10.6 Å². The quantitative estimate of drug-likeness (QED) is 0.672. The van der Waals surface area contributed by atoms with E-state index in [1.165, 1.54) is 0 Å². The second-order valence-corrected chi connectivity index (χ2v) is 5.41. The van der Waals surface area contributed by atoms with Gasteiger partial charge in [0.2, 0.25) is 5.91 Å². The smallest absolute Gasteiger partial charge is 0.234 e. The molecule has 0 aromatic carbocycles. The molecule has 1 aliphatic heterocycles. The number of hydrogen-bond donors (Lipinski definition) is 2. The maximum atomic E-state index is 11.4. The highest BCUT2D eigenvalue weighted by Crippen LogP contribution is 2.15. The topological polar surface area (TPSA) is 47.6 Å². The first-order valence-corrected chi connectivity index (χ1v) is 6.30. The molecule has 5 nitrogen and oxygen atoms in total. The molecule has 0 saturated carbocycles. The van der Waals surface area contributed by atoms with Gasteiger partial charge in [-0.3, -0.25) is 9.69 Å². The van der Waals surface area contributed by atoms with E-state index in [0.29, 0.717) is 13.1 Å². The first kappa shape index (κ1) is 14.4. The molecular weight excluding hydrogens is 216 g/mol. The molecule has 0 radical (unpaired) electrons. The van der Waals surface area contributed by atoms with Crippen molar-refractivity contribution in [3.8, 4) is 0 Å². The molecule has 1 fully saturated rings. The third-order valence-electron chi connectivity index (χ3n) is 3.41. The zero-order valence-electron chi connectivity index (χ0n) is 11.5. The van der Waals surface area contributed by atoms with E-state index in [0.717, 1.165) is 26.2 Å². The Balaban J connectivity index is 2.36. The van der Waals surface area contributed by atoms with Crippen molar-refractivity contribution < 1.29 is 4.79 Å². The maximum absolute atomic E-state index is 11.4. The average molecular weight is 242 g/mol. The molecule has 1 aliphatic rings. The van der Waals surface area contributed by atoms with Crippen molar-refractivity contribution in [2.75, 3.05) is 53.4 Å². The summed E-state index contributed by atoms with van der Waals surface area (Å²) in [4.78, 5) is 16.2. The lowest BCUT2D eigenvalue weighted by Gasteiger charge is -2.43. The van der Waals surface area contributed by atoms with Crippen molar-refractivity contribution in [1.82, 2.24) is 20.4 Å². The van der Waals surface area contributed by atoms with Gasteiger partial charge >= 0.3 is 0 Å². The summed E-state index contributed by atoms with van der Waals surface area (Å²) in [5, 5.41) is 5.83. The zero-order chi connectivity index (χ0) is 12.9. The van der Waals surface area contributed by atoms with E-state index in [2.05, 4.69) is 41.3 Å². The Kier molecular flexibility index (Phi) is 5.36. The van der Waals surface area contributed by atoms with E-state index in [1.54, 1.807) is 7.05 Å². The first-order valence-electron chi connectivity index (χ1n) is 6.30. The van der Waals surface area contributed by atoms with Crippen LogP contribution in [0.2, 0.25) is 0 Å². The number of hydrogen-bond acceptors (Lipinski definition) is 4. The van der Waals surface area contributed by atoms with Gasteiger partial charge in [0, 0.05) is 38.3 Å². The average Bonchev–Trinajstić information content (AvgIpc) is 2.28. The van der Waals surface area contributed by atoms with Gasteiger partial charge in [0.1, 0.15) is 0 Å². The van der Waals surface area contributed by atoms with Crippen LogP contribution in [0.4, 0.5) is 0 Å². The summed E-state index contributed by atoms with van der Waals surface area (Å²) >= 11 is 0. The molecule has 5 heteroatoms. The van der Waals surface area contributed by atoms with Crippen molar-refractivity contribution in [3.63, 3.8) is 0 Å². The van der Waals surface area contributed by atoms with Crippen molar-refractivity contribution in [2.24, 2.45) is 0 Å². The molecule has 0 atom stereocenters. The van der Waals surface area contributed by atoms with E-state index in [-0.39, 0.29) is 11.4 Å². The normalized spacial score (nSPS) is 19.3. The Hall–Kier alpha value is -0.650. The van der Waals surface area contributed by atoms with E-state index in [4.69, 9.17) is 0 Å². The van der Waals surface area contributed by atoms with Gasteiger partial charge in [0.25, 0.3) is 0 Å². The molecule has 100 valence electrons. The third kappa shape index (κ3) is 4.61. The molecule has 1 saturated heterocycles. The molecule has 1 rings (SSSR count). The second kappa shape index (κ2) is 6.33. The van der Waals surface area contributed by atoms with Gasteiger partial charge in [-0.05, 0) is 27.9 Å². The summed E-state index contributed by atoms with van der Waals surface area (Å²) in [6.07, 6.45) is 0. The summed E-state index contributed by atoms with van der Waals surface area (Å²) in [5.41, 5.74) is 0.0324. The number of carbonyl (C=O) groups excluding carboxylic acids is 1. The maximum Gasteiger partial charge on any atom is 0.234 e. The highest BCUT2D eigenvalue weighted by molar-refractivity contribution is 5.78. The number of carbonyl (C=O) groups is 1. The van der Waals surface area contributed by atoms with Crippen molar-refractivity contribution >= 4 is 5.91 Å². The summed E-state index contributed by atoms with van der Waals surface area (Å²) < 4.78 is 0. The fourth-order valence-corrected chi connectivity index (χ4v) is 2.06. The minimum Gasteiger partial charge on any atom is -0.353 e. The SMILES string of the molecule is CNCC(=O)NCC(C)(C)N1CCN(C)CC1. The van der Waals surface area contributed by atoms with Gasteiger partial charge in [-0.25, -0.2) is 0 Å². The van der Waals surface area contributed by atoms with Gasteiger partial charge in [-0.2, -0.15) is 0 Å². The zero-order valence-corrected chi connectivity index (χ0v) is 11.5. The molecular formula is C12H26N4O. The van der Waals surface area contributed by atoms with Gasteiger partial charge in [0.05, 0.1) is 6.54 Å². The summed E-state index contributed by atoms with van der Waals surface area (Å²) in [5.74, 6) is 0.0645. The fourth-order valence-electron chi connectivity index (χ4n) is 2.06. The molecule has 0 spiro atoms. The van der Waals surface area contributed by atoms with Crippen LogP contribution in [-0.4, -0.2) is 74.6 Å². The summed E-state index contributed by atoms with van der Waals surface area (Å²) in [6.45, 7) is 9.84. The van der Waals surface area contributed by atoms with Crippen molar-refractivity contribution in [1.29, 1.82) is 0 Å². The number of nitrogens with one attached hydrogen (secondary N) is 2. The van der Waals surface area contributed by atoms with Crippen LogP contribution in [-0.2, 0) is 4.79 Å². The molecule has 2 N–H and O–H groups in total. The molecule has 0 aromatic heterocycles. The molecule has 1 amide bonds. The number of amides is 1. The lowest BCUT2D eigenvalue weighted by atomic mass is 10.0. The molecule has 17 heavy (non-hydrogen) atoms. The van der Waals surface area contributed by atoms with Crippen LogP contribution in [0.5, 0.6) is 0 Å². The van der Waals surface area contributed by atoms with E-state index in [1.807, 2.05) is 0 Å². The fraction of sp³-hybridized carbons (Fsp3) is 0.917. The first-order chi connectivity index (χ1) is 7.95. The monoisotopic (exact) mass is 242 g/mol. The Morgan fingerprint density at radius 2 is 1.82 bits per heavy atom. The van der Waals surface area contributed by atoms with Crippen molar-refractivity contribution in [3.05, 3.63) is 0 Å². The Labute approximate surface area is 105 Å². The standard InChI is InChI=1S/C12H26N4O/c1-12(2,10-14-11(17)9-13-3)16-7-5-15(4)6-8-16/h13H,5-10H2,1-4H3,(H,14,17). The third-order valence-corrected chi connectivity index (χ3v) is 3.41. The molecule has 0 bridgehead atoms. The lowest BCUT2D eigenvalue weighted by molar-refractivity contribution is -0.120. The van der Waals surface area contributed by atoms with E-state index in [9.17, 15) is 4.79 Å². The van der Waals surface area contributed by atoms with Crippen LogP contribution >= 0.6 is 0 Å². The number of piperazine rings is 1. The predicted octanol–water partition coefficient (Wildman–Crippen LogP) is -0.652. The van der Waals surface area contributed by atoms with Gasteiger partial charge in [-0.15, -0.1) is 0 Å². The minimum atomic E-state index is 0.0324. The Morgan fingerprint density at radius 3 is 2.35 bits per heavy atom. The van der Waals surface area contributed by atoms with Gasteiger partial charge in [-0.1, -0.05) is 0 Å². The van der Waals surface area contributed by atoms with Crippen LogP contribution in [0, 0.1) is 0 Å². The van der Waals surface area contributed by atoms with E-state index >= 15 is 0 Å². The van der Waals surface area contributed by atoms with E-state index < -0.39 is 0 Å². The largest absolute Gasteiger partial charge is 0.353 e. The molecule has 0 aromatic rings. The number of nitrogens with zero attached hydrogens (tertiary/aromatic N) is 2. The highest BCUT2D eigenvalue weighted by Gasteiger charge is 2.29. The number of rotatable bonds is 5. The summed E-state index contributed by atoms with van der Waals surface area (Å²) in [7, 11) is 3.93. The number of likely N-dealkylation sites (N-methyl/N-ethyl adjacent to an activating group) is 2. The molecule has 0 aliphatic carbocycles. The van der Waals surface area contributed by atoms with Crippen LogP contribution in [0.3, 0.4) is 0 Å². The highest BCUT2D eigenvalue weighted by atomic mass is 16.1. The Bertz CT molecular complexity index is 247. The molecule has 0 unspecified atom stereocenters. The predicted molar refractivity (Wildman–Crippen MR) is 70.1 cm³/mol. The minimum absolute atomic E-state index is 0.0324. The summed E-state index contributed by atoms with van der Waals surface area (Å²) in [6, 6.07) is 0. The second-order valence-electron chi connectivity index (χ2n) is 5.41. The Morgan fingerprint density at radius 1 is 1.24 bits per heavy atom. The van der Waals surface area contributed by atoms with Crippen LogP contribution in [0.25, 0.3) is 0 Å².